The highest BCUT2D eigenvalue weighted by Gasteiger charge is 2.16. The molecule has 3 rings (SSSR count). The fourth-order valence-corrected chi connectivity index (χ4v) is 2.78. The van der Waals surface area contributed by atoms with Gasteiger partial charge >= 0.3 is 0 Å². The minimum Gasteiger partial charge on any atom is -0.497 e. The third-order valence-electron chi connectivity index (χ3n) is 4.22. The lowest BCUT2D eigenvalue weighted by molar-refractivity contribution is -0.121. The average molecular weight is 380 g/mol. The zero-order valence-corrected chi connectivity index (χ0v) is 15.6. The van der Waals surface area contributed by atoms with E-state index in [2.05, 4.69) is 16.0 Å². The predicted molar refractivity (Wildman–Crippen MR) is 104 cm³/mol. The van der Waals surface area contributed by atoms with Crippen molar-refractivity contribution in [1.29, 1.82) is 0 Å². The molecule has 144 valence electrons. The van der Waals surface area contributed by atoms with Crippen LogP contribution >= 0.6 is 0 Å². The first-order valence-electron chi connectivity index (χ1n) is 8.75. The molecule has 0 atom stereocenters. The Kier molecular flexibility index (Phi) is 5.69. The maximum absolute atomic E-state index is 12.6. The van der Waals surface area contributed by atoms with Gasteiger partial charge in [0, 0.05) is 11.9 Å². The zero-order chi connectivity index (χ0) is 20.1. The molecule has 0 bridgehead atoms. The second kappa shape index (κ2) is 8.34. The van der Waals surface area contributed by atoms with Crippen LogP contribution in [0.4, 0.5) is 0 Å². The number of amides is 2. The van der Waals surface area contributed by atoms with E-state index in [1.165, 1.54) is 4.68 Å². The van der Waals surface area contributed by atoms with Crippen LogP contribution in [0.2, 0.25) is 0 Å². The van der Waals surface area contributed by atoms with Gasteiger partial charge in [-0.3, -0.25) is 25.2 Å². The molecule has 0 fully saturated rings. The first-order chi connectivity index (χ1) is 13.5. The minimum absolute atomic E-state index is 0.0711. The van der Waals surface area contributed by atoms with Crippen LogP contribution in [-0.4, -0.2) is 28.7 Å². The number of hydrogen-bond donors (Lipinski definition) is 2. The summed E-state index contributed by atoms with van der Waals surface area (Å²) in [6.45, 7) is 2.09. The van der Waals surface area contributed by atoms with Gasteiger partial charge in [0.1, 0.15) is 5.75 Å². The smallest absolute Gasteiger partial charge is 0.290 e. The van der Waals surface area contributed by atoms with Crippen LogP contribution in [0.15, 0.2) is 53.3 Å². The standard InChI is InChI=1S/C20H20N4O4/c1-3-24-20(27)16-7-5-4-6-15(16)18(23-24)19(26)22-21-17(25)12-13-8-10-14(28-2)11-9-13/h4-11H,3,12H2,1-2H3,(H,21,25)(H,22,26). The van der Waals surface area contributed by atoms with E-state index in [1.807, 2.05) is 0 Å². The monoisotopic (exact) mass is 380 g/mol. The fraction of sp³-hybridized carbons (Fsp3) is 0.200. The molecule has 8 nitrogen and oxygen atoms in total. The number of methoxy groups -OCH3 is 1. The molecule has 1 aromatic heterocycles. The molecule has 0 unspecified atom stereocenters. The fourth-order valence-electron chi connectivity index (χ4n) is 2.78. The quantitative estimate of drug-likeness (QED) is 0.652. The SMILES string of the molecule is CCn1nc(C(=O)NNC(=O)Cc2ccc(OC)cc2)c2ccccc2c1=O. The normalized spacial score (nSPS) is 10.5. The summed E-state index contributed by atoms with van der Waals surface area (Å²) in [6.07, 6.45) is 0.0902. The Balaban J connectivity index is 1.73. The van der Waals surface area contributed by atoms with Crippen LogP contribution in [0.1, 0.15) is 23.0 Å². The maximum Gasteiger partial charge on any atom is 0.290 e. The lowest BCUT2D eigenvalue weighted by atomic mass is 10.1. The van der Waals surface area contributed by atoms with Gasteiger partial charge in [-0.25, -0.2) is 4.68 Å². The summed E-state index contributed by atoms with van der Waals surface area (Å²) in [5, 5.41) is 4.95. The number of aryl methyl sites for hydroxylation is 1. The molecular formula is C20H20N4O4. The van der Waals surface area contributed by atoms with E-state index in [0.717, 1.165) is 5.56 Å². The number of carbonyl (C=O) groups is 2. The summed E-state index contributed by atoms with van der Waals surface area (Å²) >= 11 is 0. The van der Waals surface area contributed by atoms with E-state index in [9.17, 15) is 14.4 Å². The molecule has 0 aliphatic heterocycles. The Morgan fingerprint density at radius 3 is 2.36 bits per heavy atom. The maximum atomic E-state index is 12.6. The topological polar surface area (TPSA) is 102 Å². The molecule has 2 aromatic carbocycles. The van der Waals surface area contributed by atoms with Gasteiger partial charge in [0.25, 0.3) is 11.5 Å². The highest BCUT2D eigenvalue weighted by molar-refractivity contribution is 6.05. The molecule has 1 heterocycles. The van der Waals surface area contributed by atoms with Crippen molar-refractivity contribution < 1.29 is 14.3 Å². The third-order valence-corrected chi connectivity index (χ3v) is 4.22. The second-order valence-corrected chi connectivity index (χ2v) is 6.04. The van der Waals surface area contributed by atoms with Gasteiger partial charge in [-0.1, -0.05) is 30.3 Å². The van der Waals surface area contributed by atoms with Crippen molar-refractivity contribution in [2.75, 3.05) is 7.11 Å². The van der Waals surface area contributed by atoms with E-state index >= 15 is 0 Å². The number of hydrazine groups is 1. The number of rotatable bonds is 5. The van der Waals surface area contributed by atoms with Crippen LogP contribution in [0.3, 0.4) is 0 Å². The van der Waals surface area contributed by atoms with Gasteiger partial charge < -0.3 is 4.74 Å². The second-order valence-electron chi connectivity index (χ2n) is 6.04. The largest absolute Gasteiger partial charge is 0.497 e. The van der Waals surface area contributed by atoms with E-state index in [-0.39, 0.29) is 23.6 Å². The van der Waals surface area contributed by atoms with Crippen molar-refractivity contribution in [3.05, 3.63) is 70.1 Å². The van der Waals surface area contributed by atoms with Gasteiger partial charge in [0.05, 0.1) is 18.9 Å². The molecule has 0 saturated heterocycles. The molecule has 2 amide bonds. The number of fused-ring (bicyclic) bond motifs is 1. The van der Waals surface area contributed by atoms with Crippen LogP contribution < -0.4 is 21.1 Å². The number of aromatic nitrogens is 2. The molecule has 0 aliphatic carbocycles. The number of nitrogens with one attached hydrogen (secondary N) is 2. The van der Waals surface area contributed by atoms with Crippen molar-refractivity contribution in [3.63, 3.8) is 0 Å². The Morgan fingerprint density at radius 2 is 1.71 bits per heavy atom. The number of hydrogen-bond acceptors (Lipinski definition) is 5. The summed E-state index contributed by atoms with van der Waals surface area (Å²) in [4.78, 5) is 37.0. The van der Waals surface area contributed by atoms with E-state index < -0.39 is 5.91 Å². The summed E-state index contributed by atoms with van der Waals surface area (Å²) in [5.41, 5.74) is 5.32. The Labute approximate surface area is 161 Å². The van der Waals surface area contributed by atoms with E-state index in [1.54, 1.807) is 62.6 Å². The first kappa shape index (κ1) is 19.1. The summed E-state index contributed by atoms with van der Waals surface area (Å²) in [5.74, 6) is -0.283. The summed E-state index contributed by atoms with van der Waals surface area (Å²) in [7, 11) is 1.57. The highest BCUT2D eigenvalue weighted by Crippen LogP contribution is 2.13. The number of nitrogens with zero attached hydrogens (tertiary/aromatic N) is 2. The van der Waals surface area contributed by atoms with Crippen molar-refractivity contribution in [1.82, 2.24) is 20.6 Å². The van der Waals surface area contributed by atoms with Gasteiger partial charge in [-0.05, 0) is 30.7 Å². The molecule has 3 aromatic rings. The molecule has 0 aliphatic rings. The summed E-state index contributed by atoms with van der Waals surface area (Å²) < 4.78 is 6.29. The molecular weight excluding hydrogens is 360 g/mol. The van der Waals surface area contributed by atoms with Crippen molar-refractivity contribution in [2.45, 2.75) is 19.9 Å². The molecule has 0 radical (unpaired) electrons. The minimum atomic E-state index is -0.596. The van der Waals surface area contributed by atoms with Crippen LogP contribution in [0, 0.1) is 0 Å². The molecule has 8 heteroatoms. The zero-order valence-electron chi connectivity index (χ0n) is 15.6. The molecule has 28 heavy (non-hydrogen) atoms. The molecule has 2 N–H and O–H groups in total. The van der Waals surface area contributed by atoms with Crippen molar-refractivity contribution >= 4 is 22.6 Å². The first-order valence-corrected chi connectivity index (χ1v) is 8.75. The predicted octanol–water partition coefficient (Wildman–Crippen LogP) is 1.43. The van der Waals surface area contributed by atoms with Gasteiger partial charge in [0.2, 0.25) is 5.91 Å². The lowest BCUT2D eigenvalue weighted by Gasteiger charge is -2.11. The van der Waals surface area contributed by atoms with Crippen molar-refractivity contribution in [3.8, 4) is 5.75 Å². The van der Waals surface area contributed by atoms with E-state index in [4.69, 9.17) is 4.74 Å². The lowest BCUT2D eigenvalue weighted by Crippen LogP contribution is -2.43. The number of benzene rings is 2. The average Bonchev–Trinajstić information content (AvgIpc) is 2.73. The van der Waals surface area contributed by atoms with Crippen LogP contribution in [-0.2, 0) is 17.8 Å². The van der Waals surface area contributed by atoms with Crippen LogP contribution in [0.25, 0.3) is 10.8 Å². The van der Waals surface area contributed by atoms with Gasteiger partial charge in [-0.15, -0.1) is 0 Å². The third kappa shape index (κ3) is 4.01. The van der Waals surface area contributed by atoms with E-state index in [0.29, 0.717) is 23.1 Å². The molecule has 0 saturated carbocycles. The Hall–Kier alpha value is -3.68. The van der Waals surface area contributed by atoms with Crippen LogP contribution in [0.5, 0.6) is 5.75 Å². The van der Waals surface area contributed by atoms with Gasteiger partial charge in [0.15, 0.2) is 5.69 Å². The Bertz CT molecular complexity index is 1070. The summed E-state index contributed by atoms with van der Waals surface area (Å²) in [6, 6.07) is 13.8. The number of ether oxygens (including phenoxy) is 1. The number of carbonyl (C=O) groups excluding carboxylic acids is 2. The van der Waals surface area contributed by atoms with Gasteiger partial charge in [-0.2, -0.15) is 5.10 Å². The Morgan fingerprint density at radius 1 is 1.04 bits per heavy atom. The molecule has 0 spiro atoms. The van der Waals surface area contributed by atoms with Crippen molar-refractivity contribution in [2.24, 2.45) is 0 Å². The highest BCUT2D eigenvalue weighted by atomic mass is 16.5.